The van der Waals surface area contributed by atoms with Gasteiger partial charge < -0.3 is 14.4 Å². The lowest BCUT2D eigenvalue weighted by Gasteiger charge is -2.26. The van der Waals surface area contributed by atoms with Crippen molar-refractivity contribution in [3.05, 3.63) is 78.1 Å². The zero-order chi connectivity index (χ0) is 20.1. The van der Waals surface area contributed by atoms with Gasteiger partial charge in [-0.2, -0.15) is 5.10 Å². The molecule has 1 aliphatic rings. The van der Waals surface area contributed by atoms with Gasteiger partial charge in [0.05, 0.1) is 36.2 Å². The van der Waals surface area contributed by atoms with E-state index in [0.29, 0.717) is 43.2 Å². The van der Waals surface area contributed by atoms with E-state index in [9.17, 15) is 9.59 Å². The van der Waals surface area contributed by atoms with E-state index >= 15 is 0 Å². The van der Waals surface area contributed by atoms with E-state index in [1.54, 1.807) is 40.0 Å². The Morgan fingerprint density at radius 1 is 1.00 bits per heavy atom. The largest absolute Gasteiger partial charge is 0.483 e. The van der Waals surface area contributed by atoms with Crippen LogP contribution in [0.3, 0.4) is 0 Å². The zero-order valence-electron chi connectivity index (χ0n) is 15.9. The number of aromatic nitrogens is 2. The smallest absolute Gasteiger partial charge is 0.260 e. The van der Waals surface area contributed by atoms with E-state index in [-0.39, 0.29) is 18.3 Å². The van der Waals surface area contributed by atoms with Crippen molar-refractivity contribution in [2.24, 2.45) is 0 Å². The molecule has 0 radical (unpaired) electrons. The summed E-state index contributed by atoms with van der Waals surface area (Å²) in [6, 6.07) is 16.5. The minimum Gasteiger partial charge on any atom is -0.483 e. The van der Waals surface area contributed by atoms with Crippen molar-refractivity contribution < 1.29 is 19.1 Å². The average molecular weight is 391 g/mol. The number of carbonyl (C=O) groups excluding carboxylic acids is 2. The Labute approximate surface area is 168 Å². The molecule has 0 N–H and O–H groups in total. The summed E-state index contributed by atoms with van der Waals surface area (Å²) in [6.07, 6.45) is 3.22. The van der Waals surface area contributed by atoms with Gasteiger partial charge in [-0.1, -0.05) is 30.3 Å². The van der Waals surface area contributed by atoms with Crippen molar-refractivity contribution in [2.45, 2.75) is 0 Å². The first-order valence-electron chi connectivity index (χ1n) is 9.44. The lowest BCUT2D eigenvalue weighted by molar-refractivity contribution is -0.137. The first-order chi connectivity index (χ1) is 14.2. The van der Waals surface area contributed by atoms with Crippen molar-refractivity contribution >= 4 is 11.7 Å². The molecule has 1 aromatic heterocycles. The molecule has 148 valence electrons. The fraction of sp³-hybridized carbons (Fsp3) is 0.227. The highest BCUT2D eigenvalue weighted by Gasteiger charge is 2.20. The zero-order valence-corrected chi connectivity index (χ0v) is 15.9. The van der Waals surface area contributed by atoms with E-state index in [2.05, 4.69) is 5.10 Å². The highest BCUT2D eigenvalue weighted by Crippen LogP contribution is 2.22. The minimum atomic E-state index is -0.207. The molecule has 0 saturated carbocycles. The number of morpholine rings is 1. The highest BCUT2D eigenvalue weighted by atomic mass is 16.5. The summed E-state index contributed by atoms with van der Waals surface area (Å²) < 4.78 is 12.6. The monoisotopic (exact) mass is 391 g/mol. The molecular formula is C22H21N3O4. The summed E-state index contributed by atoms with van der Waals surface area (Å²) in [5, 5.41) is 4.28. The van der Waals surface area contributed by atoms with Gasteiger partial charge in [0.2, 0.25) is 0 Å². The number of hydrogen-bond acceptors (Lipinski definition) is 5. The van der Waals surface area contributed by atoms with E-state index in [1.807, 2.05) is 30.3 Å². The maximum Gasteiger partial charge on any atom is 0.260 e. The molecule has 0 spiro atoms. The van der Waals surface area contributed by atoms with Gasteiger partial charge in [-0.3, -0.25) is 9.59 Å². The Morgan fingerprint density at radius 3 is 2.52 bits per heavy atom. The number of rotatable bonds is 6. The van der Waals surface area contributed by atoms with Gasteiger partial charge in [0.15, 0.2) is 12.4 Å². The molecule has 0 atom stereocenters. The van der Waals surface area contributed by atoms with Crippen LogP contribution in [0.25, 0.3) is 5.69 Å². The normalized spacial score (nSPS) is 13.9. The Hall–Kier alpha value is -3.45. The summed E-state index contributed by atoms with van der Waals surface area (Å²) in [6.45, 7) is 2.06. The molecule has 1 saturated heterocycles. The molecule has 0 bridgehead atoms. The minimum absolute atomic E-state index is 0.117. The van der Waals surface area contributed by atoms with Crippen molar-refractivity contribution in [2.75, 3.05) is 32.9 Å². The number of carbonyl (C=O) groups is 2. The molecule has 7 nitrogen and oxygen atoms in total. The molecule has 4 rings (SSSR count). The Balaban J connectivity index is 1.48. The second kappa shape index (κ2) is 8.70. The van der Waals surface area contributed by atoms with Gasteiger partial charge in [0.1, 0.15) is 5.75 Å². The standard InChI is InChI=1S/C22H21N3O4/c26-21(24-10-12-28-13-11-24)16-29-20-9-5-4-8-19(20)22(27)17-14-23-25(15-17)18-6-2-1-3-7-18/h1-9,14-15H,10-13,16H2. The first kappa shape index (κ1) is 18.9. The van der Waals surface area contributed by atoms with Crippen LogP contribution in [0.2, 0.25) is 0 Å². The highest BCUT2D eigenvalue weighted by molar-refractivity contribution is 6.10. The third-order valence-electron chi connectivity index (χ3n) is 4.71. The van der Waals surface area contributed by atoms with Crippen LogP contribution in [0, 0.1) is 0 Å². The predicted molar refractivity (Wildman–Crippen MR) is 106 cm³/mol. The summed E-state index contributed by atoms with van der Waals surface area (Å²) in [5.74, 6) is 0.0561. The number of amides is 1. The predicted octanol–water partition coefficient (Wildman–Crippen LogP) is 2.34. The van der Waals surface area contributed by atoms with Crippen molar-refractivity contribution in [1.82, 2.24) is 14.7 Å². The van der Waals surface area contributed by atoms with E-state index in [1.165, 1.54) is 6.20 Å². The van der Waals surface area contributed by atoms with E-state index < -0.39 is 0 Å². The molecule has 0 unspecified atom stereocenters. The summed E-state index contributed by atoms with van der Waals surface area (Å²) >= 11 is 0. The average Bonchev–Trinajstić information content (AvgIpc) is 3.29. The lowest BCUT2D eigenvalue weighted by Crippen LogP contribution is -2.43. The maximum atomic E-state index is 13.0. The van der Waals surface area contributed by atoms with Crippen LogP contribution in [0.5, 0.6) is 5.75 Å². The molecule has 0 aliphatic carbocycles. The van der Waals surface area contributed by atoms with Crippen molar-refractivity contribution in [3.63, 3.8) is 0 Å². The fourth-order valence-electron chi connectivity index (χ4n) is 3.14. The SMILES string of the molecule is O=C(c1cnn(-c2ccccc2)c1)c1ccccc1OCC(=O)N1CCOCC1. The summed E-state index contributed by atoms with van der Waals surface area (Å²) in [7, 11) is 0. The van der Waals surface area contributed by atoms with Gasteiger partial charge in [-0.15, -0.1) is 0 Å². The van der Waals surface area contributed by atoms with Gasteiger partial charge in [0.25, 0.3) is 5.91 Å². The number of nitrogens with zero attached hydrogens (tertiary/aromatic N) is 3. The van der Waals surface area contributed by atoms with E-state index in [0.717, 1.165) is 5.69 Å². The summed E-state index contributed by atoms with van der Waals surface area (Å²) in [5.41, 5.74) is 1.71. The first-order valence-corrected chi connectivity index (χ1v) is 9.44. The number of benzene rings is 2. The molecule has 1 fully saturated rings. The molecule has 1 aliphatic heterocycles. The van der Waals surface area contributed by atoms with Crippen LogP contribution in [0.4, 0.5) is 0 Å². The molecule has 1 amide bonds. The van der Waals surface area contributed by atoms with Crippen LogP contribution >= 0.6 is 0 Å². The third kappa shape index (κ3) is 4.35. The van der Waals surface area contributed by atoms with Crippen LogP contribution in [0.15, 0.2) is 67.0 Å². The number of ketones is 1. The van der Waals surface area contributed by atoms with Gasteiger partial charge in [-0.25, -0.2) is 4.68 Å². The van der Waals surface area contributed by atoms with Gasteiger partial charge in [-0.05, 0) is 24.3 Å². The topological polar surface area (TPSA) is 73.7 Å². The number of para-hydroxylation sites is 2. The summed E-state index contributed by atoms with van der Waals surface area (Å²) in [4.78, 5) is 27.0. The van der Waals surface area contributed by atoms with Crippen LogP contribution in [-0.2, 0) is 9.53 Å². The molecule has 7 heteroatoms. The number of ether oxygens (including phenoxy) is 2. The third-order valence-corrected chi connectivity index (χ3v) is 4.71. The van der Waals surface area contributed by atoms with E-state index in [4.69, 9.17) is 9.47 Å². The fourth-order valence-corrected chi connectivity index (χ4v) is 3.14. The molecule has 3 aromatic rings. The van der Waals surface area contributed by atoms with Crippen LogP contribution in [-0.4, -0.2) is 59.3 Å². The molecule has 2 aromatic carbocycles. The Morgan fingerprint density at radius 2 is 1.72 bits per heavy atom. The van der Waals surface area contributed by atoms with Crippen LogP contribution < -0.4 is 4.74 Å². The Bertz CT molecular complexity index is 994. The van der Waals surface area contributed by atoms with Crippen molar-refractivity contribution in [3.8, 4) is 11.4 Å². The Kier molecular flexibility index (Phi) is 5.67. The van der Waals surface area contributed by atoms with Gasteiger partial charge in [0, 0.05) is 19.3 Å². The lowest BCUT2D eigenvalue weighted by atomic mass is 10.1. The van der Waals surface area contributed by atoms with Crippen LogP contribution in [0.1, 0.15) is 15.9 Å². The molecule has 29 heavy (non-hydrogen) atoms. The maximum absolute atomic E-state index is 13.0. The molecule has 2 heterocycles. The second-order valence-corrected chi connectivity index (χ2v) is 6.62. The number of hydrogen-bond donors (Lipinski definition) is 0. The van der Waals surface area contributed by atoms with Crippen molar-refractivity contribution in [1.29, 1.82) is 0 Å². The quantitative estimate of drug-likeness (QED) is 0.603. The molecular weight excluding hydrogens is 370 g/mol. The van der Waals surface area contributed by atoms with Gasteiger partial charge >= 0.3 is 0 Å². The second-order valence-electron chi connectivity index (χ2n) is 6.62.